The van der Waals surface area contributed by atoms with Gasteiger partial charge in [-0.15, -0.1) is 0 Å². The van der Waals surface area contributed by atoms with Gasteiger partial charge in [0.25, 0.3) is 0 Å². The largest absolute Gasteiger partial charge is 0.481 e. The Balaban J connectivity index is 1.51. The Hall–Kier alpha value is -2.45. The number of hydrogen-bond acceptors (Lipinski definition) is 5. The van der Waals surface area contributed by atoms with Crippen LogP contribution in [0.5, 0.6) is 0 Å². The van der Waals surface area contributed by atoms with Gasteiger partial charge < -0.3 is 15.7 Å². The van der Waals surface area contributed by atoms with Crippen molar-refractivity contribution < 1.29 is 19.5 Å². The second kappa shape index (κ2) is 13.1. The van der Waals surface area contributed by atoms with E-state index in [0.29, 0.717) is 42.4 Å². The number of carbonyl (C=O) groups is 3. The molecule has 204 valence electrons. The number of hydrogen-bond donors (Lipinski definition) is 2. The fourth-order valence-electron chi connectivity index (χ4n) is 5.77. The Morgan fingerprint density at radius 3 is 2.50 bits per heavy atom. The zero-order valence-electron chi connectivity index (χ0n) is 21.4. The van der Waals surface area contributed by atoms with Crippen LogP contribution in [-0.2, 0) is 27.2 Å². The predicted molar refractivity (Wildman–Crippen MR) is 148 cm³/mol. The van der Waals surface area contributed by atoms with Crippen molar-refractivity contribution in [3.8, 4) is 0 Å². The van der Waals surface area contributed by atoms with Crippen molar-refractivity contribution in [3.63, 3.8) is 0 Å². The van der Waals surface area contributed by atoms with Gasteiger partial charge in [-0.2, -0.15) is 0 Å². The van der Waals surface area contributed by atoms with Crippen molar-refractivity contribution in [3.05, 3.63) is 69.7 Å². The van der Waals surface area contributed by atoms with E-state index in [4.69, 9.17) is 28.9 Å². The van der Waals surface area contributed by atoms with Crippen LogP contribution in [0.3, 0.4) is 0 Å². The van der Waals surface area contributed by atoms with E-state index in [1.165, 1.54) is 5.56 Å². The highest BCUT2D eigenvalue weighted by Gasteiger charge is 2.45. The topological polar surface area (TPSA) is 104 Å². The zero-order chi connectivity index (χ0) is 27.2. The van der Waals surface area contributed by atoms with Crippen molar-refractivity contribution in [2.45, 2.75) is 75.5 Å². The Labute approximate surface area is 233 Å². The highest BCUT2D eigenvalue weighted by atomic mass is 35.5. The molecule has 2 aromatic carbocycles. The van der Waals surface area contributed by atoms with E-state index < -0.39 is 12.0 Å². The van der Waals surface area contributed by atoms with Crippen molar-refractivity contribution in [1.82, 2.24) is 9.80 Å². The molecule has 7 nitrogen and oxygen atoms in total. The molecular weight excluding hydrogens is 525 g/mol. The fourth-order valence-corrected chi connectivity index (χ4v) is 6.09. The van der Waals surface area contributed by atoms with E-state index >= 15 is 0 Å². The summed E-state index contributed by atoms with van der Waals surface area (Å²) < 4.78 is 0. The summed E-state index contributed by atoms with van der Waals surface area (Å²) >= 11 is 12.1. The Bertz CT molecular complexity index is 1150. The molecule has 0 spiro atoms. The summed E-state index contributed by atoms with van der Waals surface area (Å²) in [7, 11) is 0. The first kappa shape index (κ1) is 28.6. The summed E-state index contributed by atoms with van der Waals surface area (Å²) in [6.45, 7) is 1.07. The SMILES string of the molecule is NC1CC2C(=O)N(C(CCC(=O)O)C(=O)CCc3ccc(Cl)c(Cl)c3)CCC(CCc3ccccc3)N2C1. The van der Waals surface area contributed by atoms with Crippen LogP contribution in [0.1, 0.15) is 49.7 Å². The minimum atomic E-state index is -0.986. The Kier molecular flexibility index (Phi) is 9.82. The second-order valence-electron chi connectivity index (χ2n) is 10.4. The summed E-state index contributed by atoms with van der Waals surface area (Å²) in [5.74, 6) is -1.24. The molecule has 2 aliphatic heterocycles. The number of rotatable bonds is 11. The smallest absolute Gasteiger partial charge is 0.303 e. The number of nitrogens with two attached hydrogens (primary N) is 1. The average Bonchev–Trinajstić information content (AvgIpc) is 3.24. The molecule has 4 rings (SSSR count). The van der Waals surface area contributed by atoms with Gasteiger partial charge in [0.1, 0.15) is 0 Å². The molecule has 0 aromatic heterocycles. The number of amides is 1. The molecule has 2 fully saturated rings. The van der Waals surface area contributed by atoms with Crippen LogP contribution in [0.4, 0.5) is 0 Å². The number of nitrogens with zero attached hydrogens (tertiary/aromatic N) is 2. The molecule has 2 heterocycles. The van der Waals surface area contributed by atoms with Crippen molar-refractivity contribution in [1.29, 1.82) is 0 Å². The molecule has 2 aliphatic rings. The lowest BCUT2D eigenvalue weighted by molar-refractivity contribution is -0.144. The van der Waals surface area contributed by atoms with Crippen LogP contribution < -0.4 is 5.73 Å². The maximum Gasteiger partial charge on any atom is 0.303 e. The molecule has 3 N–H and O–H groups in total. The number of Topliss-reactive ketones (excluding diaryl/α,β-unsaturated/α-hetero) is 1. The van der Waals surface area contributed by atoms with Crippen LogP contribution in [-0.4, -0.2) is 69.8 Å². The van der Waals surface area contributed by atoms with Gasteiger partial charge in [-0.1, -0.05) is 59.6 Å². The third-order valence-corrected chi connectivity index (χ3v) is 8.48. The van der Waals surface area contributed by atoms with Crippen molar-refractivity contribution >= 4 is 40.9 Å². The van der Waals surface area contributed by atoms with Gasteiger partial charge in [-0.3, -0.25) is 19.3 Å². The lowest BCUT2D eigenvalue weighted by atomic mass is 9.97. The molecule has 38 heavy (non-hydrogen) atoms. The number of carboxylic acids is 1. The minimum absolute atomic E-state index is 0.0920. The van der Waals surface area contributed by atoms with Crippen LogP contribution in [0.25, 0.3) is 0 Å². The first-order valence-electron chi connectivity index (χ1n) is 13.3. The number of aryl methyl sites for hydroxylation is 2. The number of aliphatic carboxylic acids is 1. The molecule has 0 saturated carbocycles. The summed E-state index contributed by atoms with van der Waals surface area (Å²) in [6.07, 6.45) is 3.56. The second-order valence-corrected chi connectivity index (χ2v) is 11.2. The van der Waals surface area contributed by atoms with Gasteiger partial charge in [-0.25, -0.2) is 0 Å². The summed E-state index contributed by atoms with van der Waals surface area (Å²) in [5, 5.41) is 10.2. The quantitative estimate of drug-likeness (QED) is 0.423. The van der Waals surface area contributed by atoms with Gasteiger partial charge in [-0.05, 0) is 61.8 Å². The Morgan fingerprint density at radius 2 is 1.79 bits per heavy atom. The molecule has 0 radical (unpaired) electrons. The summed E-state index contributed by atoms with van der Waals surface area (Å²) in [6, 6.07) is 14.4. The minimum Gasteiger partial charge on any atom is -0.481 e. The maximum absolute atomic E-state index is 13.8. The van der Waals surface area contributed by atoms with E-state index in [2.05, 4.69) is 17.0 Å². The summed E-state index contributed by atoms with van der Waals surface area (Å²) in [5.41, 5.74) is 8.42. The number of carboxylic acid groups (broad SMARTS) is 1. The zero-order valence-corrected chi connectivity index (χ0v) is 22.9. The number of fused-ring (bicyclic) bond motifs is 1. The van der Waals surface area contributed by atoms with E-state index in [0.717, 1.165) is 18.4 Å². The van der Waals surface area contributed by atoms with Crippen LogP contribution in [0, 0.1) is 0 Å². The number of benzene rings is 2. The third kappa shape index (κ3) is 7.14. The van der Waals surface area contributed by atoms with Crippen LogP contribution in [0.2, 0.25) is 10.0 Å². The highest BCUT2D eigenvalue weighted by Crippen LogP contribution is 2.31. The molecule has 4 unspecified atom stereocenters. The first-order valence-corrected chi connectivity index (χ1v) is 14.0. The first-order chi connectivity index (χ1) is 18.2. The van der Waals surface area contributed by atoms with Crippen LogP contribution >= 0.6 is 23.2 Å². The molecule has 0 aliphatic carbocycles. The van der Waals surface area contributed by atoms with E-state index in [9.17, 15) is 19.5 Å². The van der Waals surface area contributed by atoms with Gasteiger partial charge in [0, 0.05) is 38.0 Å². The van der Waals surface area contributed by atoms with E-state index in [-0.39, 0.29) is 49.1 Å². The standard InChI is InChI=1S/C29H35Cl2N3O4/c30-23-10-7-20(16-24(23)31)8-12-27(35)25(11-13-28(36)37)33-15-14-22(9-6-19-4-2-1-3-5-19)34-18-21(32)17-26(34)29(33)38/h1-5,7,10,16,21-22,25-26H,6,8-9,11-15,17-18,32H2,(H,36,37). The van der Waals surface area contributed by atoms with Gasteiger partial charge in [0.2, 0.25) is 5.91 Å². The van der Waals surface area contributed by atoms with Gasteiger partial charge in [0.05, 0.1) is 22.1 Å². The fraction of sp³-hybridized carbons (Fsp3) is 0.483. The lowest BCUT2D eigenvalue weighted by Gasteiger charge is -2.32. The average molecular weight is 561 g/mol. The molecule has 4 atom stereocenters. The highest BCUT2D eigenvalue weighted by molar-refractivity contribution is 6.42. The Morgan fingerprint density at radius 1 is 1.03 bits per heavy atom. The summed E-state index contributed by atoms with van der Waals surface area (Å²) in [4.78, 5) is 42.7. The van der Waals surface area contributed by atoms with Crippen molar-refractivity contribution in [2.75, 3.05) is 13.1 Å². The molecule has 2 aromatic rings. The lowest BCUT2D eigenvalue weighted by Crippen LogP contribution is -2.50. The predicted octanol–water partition coefficient (Wildman–Crippen LogP) is 4.36. The van der Waals surface area contributed by atoms with E-state index in [1.807, 2.05) is 24.3 Å². The monoisotopic (exact) mass is 559 g/mol. The molecule has 9 heteroatoms. The molecular formula is C29H35Cl2N3O4. The number of ketones is 1. The number of carbonyl (C=O) groups excluding carboxylic acids is 2. The normalized spacial score (nSPS) is 22.7. The number of halogens is 2. The van der Waals surface area contributed by atoms with Gasteiger partial charge >= 0.3 is 5.97 Å². The molecule has 2 saturated heterocycles. The van der Waals surface area contributed by atoms with E-state index in [1.54, 1.807) is 17.0 Å². The van der Waals surface area contributed by atoms with Crippen LogP contribution in [0.15, 0.2) is 48.5 Å². The third-order valence-electron chi connectivity index (χ3n) is 7.74. The molecule has 1 amide bonds. The maximum atomic E-state index is 13.8. The van der Waals surface area contributed by atoms with Gasteiger partial charge in [0.15, 0.2) is 5.78 Å². The molecule has 0 bridgehead atoms. The van der Waals surface area contributed by atoms with Crippen molar-refractivity contribution in [2.24, 2.45) is 5.73 Å².